The van der Waals surface area contributed by atoms with E-state index in [2.05, 4.69) is 19.2 Å². The summed E-state index contributed by atoms with van der Waals surface area (Å²) in [5.74, 6) is 1.36. The number of benzene rings is 1. The Bertz CT molecular complexity index is 445. The van der Waals surface area contributed by atoms with Crippen molar-refractivity contribution in [2.45, 2.75) is 65.9 Å². The second-order valence-electron chi connectivity index (χ2n) is 5.94. The molecule has 2 atom stereocenters. The van der Waals surface area contributed by atoms with Crippen molar-refractivity contribution in [3.05, 3.63) is 29.8 Å². The van der Waals surface area contributed by atoms with E-state index in [1.54, 1.807) is 0 Å². The summed E-state index contributed by atoms with van der Waals surface area (Å²) in [5, 5.41) is 3.07. The van der Waals surface area contributed by atoms with Crippen LogP contribution in [0.25, 0.3) is 0 Å². The maximum atomic E-state index is 12.3. The van der Waals surface area contributed by atoms with E-state index >= 15 is 0 Å². The van der Waals surface area contributed by atoms with Gasteiger partial charge in [-0.25, -0.2) is 0 Å². The van der Waals surface area contributed by atoms with Gasteiger partial charge in [-0.15, -0.1) is 0 Å². The first-order valence-electron chi connectivity index (χ1n) is 8.62. The number of unbranched alkanes of at least 4 members (excludes halogenated alkanes) is 1. The van der Waals surface area contributed by atoms with Crippen LogP contribution < -0.4 is 10.1 Å². The average molecular weight is 305 g/mol. The van der Waals surface area contributed by atoms with E-state index in [-0.39, 0.29) is 5.91 Å². The number of ether oxygens (including phenoxy) is 1. The Labute approximate surface area is 135 Å². The van der Waals surface area contributed by atoms with Crippen molar-refractivity contribution in [2.24, 2.45) is 5.92 Å². The molecule has 0 heterocycles. The third-order valence-electron chi connectivity index (χ3n) is 4.13. The number of hydrogen-bond donors (Lipinski definition) is 1. The lowest BCUT2D eigenvalue weighted by atomic mass is 9.99. The summed E-state index contributed by atoms with van der Waals surface area (Å²) in [7, 11) is 0. The number of amides is 1. The zero-order valence-corrected chi connectivity index (χ0v) is 14.5. The fourth-order valence-corrected chi connectivity index (χ4v) is 2.47. The van der Waals surface area contributed by atoms with Crippen molar-refractivity contribution < 1.29 is 9.53 Å². The molecule has 0 bridgehead atoms. The minimum Gasteiger partial charge on any atom is -0.480 e. The molecule has 0 unspecified atom stereocenters. The maximum Gasteiger partial charge on any atom is 0.261 e. The Morgan fingerprint density at radius 1 is 1.18 bits per heavy atom. The fraction of sp³-hybridized carbons (Fsp3) is 0.632. The first-order chi connectivity index (χ1) is 10.6. The number of carbonyl (C=O) groups is 1. The standard InChI is InChI=1S/C19H31NO2/c1-5-8-12-16(6-2)14-20-19(21)17(7-3)22-18-13-10-9-11-15(18)4/h9-11,13,16-17H,5-8,12,14H2,1-4H3,(H,20,21)/t16-,17+/m0/s1. The predicted molar refractivity (Wildman–Crippen MR) is 92.2 cm³/mol. The van der Waals surface area contributed by atoms with Gasteiger partial charge >= 0.3 is 0 Å². The third kappa shape index (κ3) is 6.08. The van der Waals surface area contributed by atoms with Crippen LogP contribution in [-0.4, -0.2) is 18.6 Å². The van der Waals surface area contributed by atoms with E-state index in [1.165, 1.54) is 19.3 Å². The zero-order chi connectivity index (χ0) is 16.4. The fourth-order valence-electron chi connectivity index (χ4n) is 2.47. The Hall–Kier alpha value is -1.51. The lowest BCUT2D eigenvalue weighted by molar-refractivity contribution is -0.128. The van der Waals surface area contributed by atoms with Crippen LogP contribution in [0.15, 0.2) is 24.3 Å². The number of aryl methyl sites for hydroxylation is 1. The number of para-hydroxylation sites is 1. The highest BCUT2D eigenvalue weighted by Gasteiger charge is 2.19. The Balaban J connectivity index is 2.52. The normalized spacial score (nSPS) is 13.5. The minimum absolute atomic E-state index is 0.000650. The van der Waals surface area contributed by atoms with E-state index in [0.29, 0.717) is 12.3 Å². The molecule has 0 saturated heterocycles. The number of rotatable bonds is 10. The molecule has 0 saturated carbocycles. The van der Waals surface area contributed by atoms with Gasteiger partial charge < -0.3 is 10.1 Å². The number of carbonyl (C=O) groups excluding carboxylic acids is 1. The van der Waals surface area contributed by atoms with Crippen molar-refractivity contribution in [2.75, 3.05) is 6.54 Å². The molecule has 1 rings (SSSR count). The highest BCUT2D eigenvalue weighted by atomic mass is 16.5. The minimum atomic E-state index is -0.412. The van der Waals surface area contributed by atoms with Crippen molar-refractivity contribution in [1.29, 1.82) is 0 Å². The molecule has 1 N–H and O–H groups in total. The molecule has 0 radical (unpaired) electrons. The first kappa shape index (κ1) is 18.5. The van der Waals surface area contributed by atoms with Crippen molar-refractivity contribution >= 4 is 5.91 Å². The molecular weight excluding hydrogens is 274 g/mol. The molecule has 3 heteroatoms. The molecular formula is C19H31NO2. The number of hydrogen-bond acceptors (Lipinski definition) is 2. The van der Waals surface area contributed by atoms with E-state index in [0.717, 1.165) is 24.3 Å². The molecule has 0 fully saturated rings. The van der Waals surface area contributed by atoms with Crippen molar-refractivity contribution in [3.63, 3.8) is 0 Å². The van der Waals surface area contributed by atoms with Gasteiger partial charge in [-0.1, -0.05) is 58.2 Å². The van der Waals surface area contributed by atoms with Crippen LogP contribution in [0.2, 0.25) is 0 Å². The second-order valence-corrected chi connectivity index (χ2v) is 5.94. The second kappa shape index (κ2) is 10.3. The highest BCUT2D eigenvalue weighted by Crippen LogP contribution is 2.19. The predicted octanol–water partition coefficient (Wildman–Crippen LogP) is 4.49. The molecule has 3 nitrogen and oxygen atoms in total. The summed E-state index contributed by atoms with van der Waals surface area (Å²) in [6.45, 7) is 9.12. The summed E-state index contributed by atoms with van der Waals surface area (Å²) in [4.78, 5) is 12.3. The molecule has 0 aliphatic heterocycles. The van der Waals surface area contributed by atoms with Gasteiger partial charge in [0.15, 0.2) is 6.10 Å². The summed E-state index contributed by atoms with van der Waals surface area (Å²) in [5.41, 5.74) is 1.06. The maximum absolute atomic E-state index is 12.3. The monoisotopic (exact) mass is 305 g/mol. The smallest absolute Gasteiger partial charge is 0.261 e. The summed E-state index contributed by atoms with van der Waals surface area (Å²) < 4.78 is 5.89. The zero-order valence-electron chi connectivity index (χ0n) is 14.5. The molecule has 0 aliphatic carbocycles. The molecule has 22 heavy (non-hydrogen) atoms. The summed E-state index contributed by atoms with van der Waals surface area (Å²) in [6, 6.07) is 7.83. The highest BCUT2D eigenvalue weighted by molar-refractivity contribution is 5.81. The molecule has 0 spiro atoms. The van der Waals surface area contributed by atoms with E-state index in [1.807, 2.05) is 38.1 Å². The van der Waals surface area contributed by atoms with Gasteiger partial charge in [0.1, 0.15) is 5.75 Å². The van der Waals surface area contributed by atoms with Gasteiger partial charge in [-0.2, -0.15) is 0 Å². The van der Waals surface area contributed by atoms with Gasteiger partial charge in [-0.3, -0.25) is 4.79 Å². The van der Waals surface area contributed by atoms with Gasteiger partial charge in [0.05, 0.1) is 0 Å². The average Bonchev–Trinajstić information content (AvgIpc) is 2.54. The van der Waals surface area contributed by atoms with Gasteiger partial charge in [-0.05, 0) is 37.3 Å². The topological polar surface area (TPSA) is 38.3 Å². The van der Waals surface area contributed by atoms with Crippen LogP contribution in [0.5, 0.6) is 5.75 Å². The summed E-state index contributed by atoms with van der Waals surface area (Å²) >= 11 is 0. The molecule has 124 valence electrons. The van der Waals surface area contributed by atoms with Gasteiger partial charge in [0.2, 0.25) is 0 Å². The lowest BCUT2D eigenvalue weighted by Gasteiger charge is -2.21. The first-order valence-corrected chi connectivity index (χ1v) is 8.62. The van der Waals surface area contributed by atoms with Crippen LogP contribution in [0.3, 0.4) is 0 Å². The van der Waals surface area contributed by atoms with E-state index < -0.39 is 6.10 Å². The molecule has 1 aromatic rings. The van der Waals surface area contributed by atoms with Crippen LogP contribution in [-0.2, 0) is 4.79 Å². The van der Waals surface area contributed by atoms with Crippen LogP contribution in [0.1, 0.15) is 58.4 Å². The molecule has 0 aliphatic rings. The summed E-state index contributed by atoms with van der Waals surface area (Å²) in [6.07, 6.45) is 4.98. The largest absolute Gasteiger partial charge is 0.480 e. The van der Waals surface area contributed by atoms with E-state index in [9.17, 15) is 4.79 Å². The van der Waals surface area contributed by atoms with Crippen molar-refractivity contribution in [1.82, 2.24) is 5.32 Å². The van der Waals surface area contributed by atoms with Crippen LogP contribution >= 0.6 is 0 Å². The van der Waals surface area contributed by atoms with Crippen molar-refractivity contribution in [3.8, 4) is 5.75 Å². The SMILES string of the molecule is CCCC[C@H](CC)CNC(=O)[C@@H](CC)Oc1ccccc1C. The number of nitrogens with one attached hydrogen (secondary N) is 1. The van der Waals surface area contributed by atoms with Gasteiger partial charge in [0, 0.05) is 6.54 Å². The Morgan fingerprint density at radius 3 is 2.50 bits per heavy atom. The quantitative estimate of drug-likeness (QED) is 0.692. The Kier molecular flexibility index (Phi) is 8.64. The van der Waals surface area contributed by atoms with Crippen LogP contribution in [0.4, 0.5) is 0 Å². The van der Waals surface area contributed by atoms with E-state index in [4.69, 9.17) is 4.74 Å². The van der Waals surface area contributed by atoms with Crippen LogP contribution in [0, 0.1) is 12.8 Å². The lowest BCUT2D eigenvalue weighted by Crippen LogP contribution is -2.40. The Morgan fingerprint density at radius 2 is 1.91 bits per heavy atom. The third-order valence-corrected chi connectivity index (χ3v) is 4.13. The molecule has 1 aromatic carbocycles. The molecule has 1 amide bonds. The molecule has 0 aromatic heterocycles. The van der Waals surface area contributed by atoms with Gasteiger partial charge in [0.25, 0.3) is 5.91 Å².